The molecule has 4 rings (SSSR count). The smallest absolute Gasteiger partial charge is 0.327 e. The summed E-state index contributed by atoms with van der Waals surface area (Å²) in [6.45, 7) is 0.848. The zero-order valence-electron chi connectivity index (χ0n) is 14.6. The van der Waals surface area contributed by atoms with Crippen molar-refractivity contribution in [3.63, 3.8) is 0 Å². The van der Waals surface area contributed by atoms with Crippen LogP contribution >= 0.6 is 11.3 Å². The molecule has 1 aromatic carbocycles. The third kappa shape index (κ3) is 2.27. The number of carbonyl (C=O) groups is 3. The number of thiazole rings is 1. The van der Waals surface area contributed by atoms with Gasteiger partial charge in [0.25, 0.3) is 11.8 Å². The molecule has 9 heteroatoms. The van der Waals surface area contributed by atoms with Crippen LogP contribution in [0.5, 0.6) is 0 Å². The highest BCUT2D eigenvalue weighted by atomic mass is 32.1. The zero-order valence-corrected chi connectivity index (χ0v) is 15.4. The number of benzene rings is 1. The first kappa shape index (κ1) is 16.8. The number of likely N-dealkylation sites (tertiary alicyclic amines) is 1. The van der Waals surface area contributed by atoms with Gasteiger partial charge in [0.1, 0.15) is 5.54 Å². The van der Waals surface area contributed by atoms with E-state index in [0.717, 1.165) is 9.60 Å². The summed E-state index contributed by atoms with van der Waals surface area (Å²) in [7, 11) is 3.16. The number of likely N-dealkylation sites (N-methyl/N-ethyl adjacent to an activating group) is 2. The molecule has 2 aliphatic rings. The van der Waals surface area contributed by atoms with Crippen LogP contribution in [-0.2, 0) is 4.79 Å². The van der Waals surface area contributed by atoms with Crippen molar-refractivity contribution in [2.75, 3.05) is 32.9 Å². The Morgan fingerprint density at radius 2 is 1.92 bits per heavy atom. The molecule has 1 aromatic heterocycles. The fourth-order valence-electron chi connectivity index (χ4n) is 3.84. The van der Waals surface area contributed by atoms with Crippen LogP contribution in [0.2, 0.25) is 0 Å². The van der Waals surface area contributed by atoms with Crippen molar-refractivity contribution in [3.05, 3.63) is 23.8 Å². The molecule has 8 nitrogen and oxygen atoms in total. The Morgan fingerprint density at radius 3 is 2.54 bits per heavy atom. The van der Waals surface area contributed by atoms with E-state index in [1.54, 1.807) is 24.1 Å². The van der Waals surface area contributed by atoms with Crippen LogP contribution in [0.3, 0.4) is 0 Å². The predicted octanol–water partition coefficient (Wildman–Crippen LogP) is 1.38. The van der Waals surface area contributed by atoms with E-state index in [9.17, 15) is 14.4 Å². The van der Waals surface area contributed by atoms with Crippen LogP contribution in [-0.4, -0.2) is 70.3 Å². The average Bonchev–Trinajstić information content (AvgIpc) is 3.09. The summed E-state index contributed by atoms with van der Waals surface area (Å²) < 4.78 is 0.941. The van der Waals surface area contributed by atoms with Crippen LogP contribution in [0.15, 0.2) is 18.2 Å². The molecule has 136 valence electrons. The van der Waals surface area contributed by atoms with Crippen LogP contribution < -0.4 is 5.73 Å². The lowest BCUT2D eigenvalue weighted by molar-refractivity contribution is -0.134. The van der Waals surface area contributed by atoms with Gasteiger partial charge in [-0.1, -0.05) is 11.3 Å². The van der Waals surface area contributed by atoms with Crippen molar-refractivity contribution < 1.29 is 14.4 Å². The van der Waals surface area contributed by atoms with E-state index in [4.69, 9.17) is 5.73 Å². The number of hydrogen-bond acceptors (Lipinski definition) is 6. The normalized spacial score (nSPS) is 19.8. The number of imide groups is 1. The first-order chi connectivity index (χ1) is 12.3. The topological polar surface area (TPSA) is 99.8 Å². The molecule has 3 heterocycles. The molecule has 0 atom stereocenters. The molecule has 0 radical (unpaired) electrons. The van der Waals surface area contributed by atoms with Gasteiger partial charge in [-0.25, -0.2) is 9.78 Å². The predicted molar refractivity (Wildman–Crippen MR) is 97.8 cm³/mol. The number of nitrogen functional groups attached to an aromatic ring is 1. The Balaban J connectivity index is 1.53. The summed E-state index contributed by atoms with van der Waals surface area (Å²) in [4.78, 5) is 46.1. The van der Waals surface area contributed by atoms with E-state index >= 15 is 0 Å². The van der Waals surface area contributed by atoms with Crippen molar-refractivity contribution in [2.24, 2.45) is 0 Å². The summed E-state index contributed by atoms with van der Waals surface area (Å²) in [6.07, 6.45) is 0.881. The molecule has 0 saturated carbocycles. The minimum Gasteiger partial charge on any atom is -0.375 e. The van der Waals surface area contributed by atoms with Crippen LogP contribution in [0.25, 0.3) is 10.2 Å². The number of urea groups is 1. The Hall–Kier alpha value is -2.68. The summed E-state index contributed by atoms with van der Waals surface area (Å²) in [6, 6.07) is 5.08. The third-order valence-electron chi connectivity index (χ3n) is 5.45. The number of nitrogens with two attached hydrogens (primary N) is 1. The fourth-order valence-corrected chi connectivity index (χ4v) is 4.55. The van der Waals surface area contributed by atoms with E-state index < -0.39 is 5.54 Å². The number of nitrogens with zero attached hydrogens (tertiary/aromatic N) is 4. The minimum atomic E-state index is -0.823. The molecular formula is C17H19N5O3S. The number of rotatable bonds is 1. The number of fused-ring (bicyclic) bond motifs is 1. The van der Waals surface area contributed by atoms with Crippen LogP contribution in [0, 0.1) is 0 Å². The van der Waals surface area contributed by atoms with E-state index in [2.05, 4.69) is 4.98 Å². The Bertz CT molecular complexity index is 932. The molecule has 2 N–H and O–H groups in total. The van der Waals surface area contributed by atoms with E-state index in [-0.39, 0.29) is 17.8 Å². The molecule has 2 saturated heterocycles. The Morgan fingerprint density at radius 1 is 1.23 bits per heavy atom. The number of anilines is 1. The second-order valence-electron chi connectivity index (χ2n) is 6.76. The van der Waals surface area contributed by atoms with Gasteiger partial charge in [0.15, 0.2) is 5.13 Å². The molecule has 0 bridgehead atoms. The van der Waals surface area contributed by atoms with Crippen molar-refractivity contribution in [3.8, 4) is 0 Å². The molecule has 2 fully saturated rings. The van der Waals surface area contributed by atoms with E-state index in [0.29, 0.717) is 42.1 Å². The number of piperidine rings is 1. The summed E-state index contributed by atoms with van der Waals surface area (Å²) in [5, 5.41) is 0.473. The van der Waals surface area contributed by atoms with Gasteiger partial charge in [0.05, 0.1) is 10.2 Å². The number of hydrogen-bond donors (Lipinski definition) is 1. The maximum atomic E-state index is 12.8. The molecule has 2 aliphatic heterocycles. The van der Waals surface area contributed by atoms with Gasteiger partial charge in [-0.05, 0) is 31.0 Å². The highest BCUT2D eigenvalue weighted by Gasteiger charge is 2.55. The standard InChI is InChI=1S/C17H19N5O3S/c1-20-14(24)17(21(2)16(20)25)5-7-22(8-6-17)13(23)10-3-4-12-11(9-10)19-15(18)26-12/h3-4,9H,5-8H2,1-2H3,(H2,18,19). The lowest BCUT2D eigenvalue weighted by Crippen LogP contribution is -2.56. The second-order valence-corrected chi connectivity index (χ2v) is 7.83. The Labute approximate surface area is 154 Å². The summed E-state index contributed by atoms with van der Waals surface area (Å²) >= 11 is 1.38. The number of amides is 4. The molecule has 0 aliphatic carbocycles. The van der Waals surface area contributed by atoms with E-state index in [1.165, 1.54) is 23.3 Å². The maximum absolute atomic E-state index is 12.8. The van der Waals surface area contributed by atoms with Crippen molar-refractivity contribution in [1.82, 2.24) is 19.7 Å². The molecule has 2 aromatic rings. The lowest BCUT2D eigenvalue weighted by Gasteiger charge is -2.40. The van der Waals surface area contributed by atoms with Crippen LogP contribution in [0.1, 0.15) is 23.2 Å². The first-order valence-electron chi connectivity index (χ1n) is 8.35. The highest BCUT2D eigenvalue weighted by Crippen LogP contribution is 2.36. The quantitative estimate of drug-likeness (QED) is 0.761. The molecule has 1 spiro atoms. The van der Waals surface area contributed by atoms with Crippen LogP contribution in [0.4, 0.5) is 9.93 Å². The van der Waals surface area contributed by atoms with Crippen molar-refractivity contribution >= 4 is 44.5 Å². The molecule has 4 amide bonds. The molecule has 26 heavy (non-hydrogen) atoms. The zero-order chi connectivity index (χ0) is 18.6. The summed E-state index contributed by atoms with van der Waals surface area (Å²) in [5.41, 5.74) is 6.16. The van der Waals surface area contributed by atoms with Crippen molar-refractivity contribution in [2.45, 2.75) is 18.4 Å². The van der Waals surface area contributed by atoms with Gasteiger partial charge < -0.3 is 15.5 Å². The SMILES string of the molecule is CN1C(=O)N(C)C2(CCN(C(=O)c3ccc4sc(N)nc4c3)CC2)C1=O. The van der Waals surface area contributed by atoms with Gasteiger partial charge in [0, 0.05) is 32.7 Å². The van der Waals surface area contributed by atoms with Gasteiger partial charge in [-0.15, -0.1) is 0 Å². The largest absolute Gasteiger partial charge is 0.375 e. The van der Waals surface area contributed by atoms with Gasteiger partial charge in [-0.3, -0.25) is 14.5 Å². The number of aromatic nitrogens is 1. The second kappa shape index (κ2) is 5.66. The van der Waals surface area contributed by atoms with Crippen molar-refractivity contribution in [1.29, 1.82) is 0 Å². The molecule has 0 unspecified atom stereocenters. The monoisotopic (exact) mass is 373 g/mol. The molecular weight excluding hydrogens is 354 g/mol. The fraction of sp³-hybridized carbons (Fsp3) is 0.412. The first-order valence-corrected chi connectivity index (χ1v) is 9.16. The van der Waals surface area contributed by atoms with E-state index in [1.807, 2.05) is 6.07 Å². The van der Waals surface area contributed by atoms with Gasteiger partial charge in [0.2, 0.25) is 0 Å². The van der Waals surface area contributed by atoms with Gasteiger partial charge in [-0.2, -0.15) is 0 Å². The maximum Gasteiger partial charge on any atom is 0.327 e. The number of carbonyl (C=O) groups excluding carboxylic acids is 3. The minimum absolute atomic E-state index is 0.0962. The third-order valence-corrected chi connectivity index (χ3v) is 6.31. The highest BCUT2D eigenvalue weighted by molar-refractivity contribution is 7.22. The lowest BCUT2D eigenvalue weighted by atomic mass is 9.86. The average molecular weight is 373 g/mol. The Kier molecular flexibility index (Phi) is 3.65. The summed E-state index contributed by atoms with van der Waals surface area (Å²) in [5.74, 6) is -0.280. The van der Waals surface area contributed by atoms with Gasteiger partial charge >= 0.3 is 6.03 Å².